The third kappa shape index (κ3) is 7.51. The number of alkyl halides is 6. The molecule has 0 fully saturated rings. The molecule has 0 radical (unpaired) electrons. The van der Waals surface area contributed by atoms with E-state index in [4.69, 9.17) is 9.47 Å². The standard InChI is InChI=1S/C23H21F6N3O5/c1-3-20(33)35-12-14(2)36-19-9-4-15(10-18(19)22(24,25)26)11-32-21(34)31(13-30-32)16-5-7-17(8-6-16)37-23(27,28)29/h4-10,13-14H,3,11-12H2,1-2H3. The molecule has 0 saturated heterocycles. The van der Waals surface area contributed by atoms with Crippen LogP contribution in [0.4, 0.5) is 26.3 Å². The van der Waals surface area contributed by atoms with Crippen LogP contribution in [0.5, 0.6) is 11.5 Å². The number of hydrogen-bond acceptors (Lipinski definition) is 6. The van der Waals surface area contributed by atoms with E-state index in [9.17, 15) is 35.9 Å². The van der Waals surface area contributed by atoms with Gasteiger partial charge in [-0.2, -0.15) is 18.3 Å². The summed E-state index contributed by atoms with van der Waals surface area (Å²) in [4.78, 5) is 24.0. The predicted octanol–water partition coefficient (Wildman–Crippen LogP) is 4.72. The zero-order chi connectivity index (χ0) is 27.4. The first-order valence-corrected chi connectivity index (χ1v) is 10.8. The lowest BCUT2D eigenvalue weighted by molar-refractivity contribution is -0.274. The van der Waals surface area contributed by atoms with Crippen LogP contribution in [0.25, 0.3) is 5.69 Å². The van der Waals surface area contributed by atoms with Crippen molar-refractivity contribution in [1.82, 2.24) is 14.3 Å². The molecule has 0 saturated carbocycles. The highest BCUT2D eigenvalue weighted by molar-refractivity contribution is 5.68. The van der Waals surface area contributed by atoms with Gasteiger partial charge < -0.3 is 14.2 Å². The Kier molecular flexibility index (Phi) is 8.18. The normalized spacial score (nSPS) is 12.8. The Morgan fingerprint density at radius 1 is 1.05 bits per heavy atom. The Balaban J connectivity index is 1.79. The fourth-order valence-electron chi connectivity index (χ4n) is 3.17. The van der Waals surface area contributed by atoms with E-state index < -0.39 is 47.4 Å². The van der Waals surface area contributed by atoms with Crippen molar-refractivity contribution in [2.75, 3.05) is 6.61 Å². The Morgan fingerprint density at radius 2 is 1.73 bits per heavy atom. The van der Waals surface area contributed by atoms with Gasteiger partial charge in [-0.3, -0.25) is 4.79 Å². The number of halogens is 6. The Labute approximate surface area is 206 Å². The summed E-state index contributed by atoms with van der Waals surface area (Å²) in [5.74, 6) is -1.48. The molecule has 0 aliphatic heterocycles. The average molecular weight is 533 g/mol. The van der Waals surface area contributed by atoms with Crippen LogP contribution in [0.3, 0.4) is 0 Å². The molecule has 1 aromatic heterocycles. The quantitative estimate of drug-likeness (QED) is 0.293. The Hall–Kier alpha value is -3.97. The Morgan fingerprint density at radius 3 is 2.32 bits per heavy atom. The zero-order valence-corrected chi connectivity index (χ0v) is 19.5. The van der Waals surface area contributed by atoms with Gasteiger partial charge in [0.05, 0.1) is 17.8 Å². The highest BCUT2D eigenvalue weighted by Crippen LogP contribution is 2.37. The number of aromatic nitrogens is 3. The van der Waals surface area contributed by atoms with Crippen molar-refractivity contribution in [3.8, 4) is 17.2 Å². The number of carbonyl (C=O) groups excluding carboxylic acids is 1. The van der Waals surface area contributed by atoms with Crippen molar-refractivity contribution in [2.24, 2.45) is 0 Å². The second kappa shape index (κ2) is 11.0. The molecule has 0 aliphatic carbocycles. The summed E-state index contributed by atoms with van der Waals surface area (Å²) in [6, 6.07) is 7.63. The first-order valence-electron chi connectivity index (χ1n) is 10.8. The van der Waals surface area contributed by atoms with Gasteiger partial charge in [-0.15, -0.1) is 13.2 Å². The first kappa shape index (κ1) is 27.6. The maximum absolute atomic E-state index is 13.7. The van der Waals surface area contributed by atoms with Crippen LogP contribution in [-0.2, 0) is 22.3 Å². The molecule has 1 unspecified atom stereocenters. The van der Waals surface area contributed by atoms with E-state index >= 15 is 0 Å². The third-order valence-corrected chi connectivity index (χ3v) is 4.86. The molecule has 0 bridgehead atoms. The minimum atomic E-state index is -4.88. The van der Waals surface area contributed by atoms with Crippen molar-refractivity contribution in [3.63, 3.8) is 0 Å². The van der Waals surface area contributed by atoms with Gasteiger partial charge in [0.25, 0.3) is 0 Å². The molecule has 0 spiro atoms. The molecule has 1 atom stereocenters. The van der Waals surface area contributed by atoms with E-state index in [0.29, 0.717) is 0 Å². The number of hydrogen-bond donors (Lipinski definition) is 0. The summed E-state index contributed by atoms with van der Waals surface area (Å²) in [5.41, 5.74) is -1.56. The van der Waals surface area contributed by atoms with Gasteiger partial charge in [0.15, 0.2) is 0 Å². The van der Waals surface area contributed by atoms with Gasteiger partial charge in [-0.25, -0.2) is 14.0 Å². The number of benzene rings is 2. The lowest BCUT2D eigenvalue weighted by atomic mass is 10.1. The fourth-order valence-corrected chi connectivity index (χ4v) is 3.17. The second-order valence-corrected chi connectivity index (χ2v) is 7.78. The maximum atomic E-state index is 13.7. The van der Waals surface area contributed by atoms with Gasteiger partial charge in [0.2, 0.25) is 0 Å². The van der Waals surface area contributed by atoms with Gasteiger partial charge in [-0.1, -0.05) is 13.0 Å². The van der Waals surface area contributed by atoms with Crippen molar-refractivity contribution in [2.45, 2.75) is 45.5 Å². The lowest BCUT2D eigenvalue weighted by Gasteiger charge is -2.19. The molecule has 2 aromatic carbocycles. The van der Waals surface area contributed by atoms with E-state index in [1.807, 2.05) is 0 Å². The molecule has 3 aromatic rings. The number of nitrogens with zero attached hydrogens (tertiary/aromatic N) is 3. The third-order valence-electron chi connectivity index (χ3n) is 4.86. The summed E-state index contributed by atoms with van der Waals surface area (Å²) in [6.45, 7) is 2.47. The van der Waals surface area contributed by atoms with Crippen molar-refractivity contribution in [3.05, 3.63) is 70.4 Å². The fraction of sp³-hybridized carbons (Fsp3) is 0.348. The predicted molar refractivity (Wildman–Crippen MR) is 116 cm³/mol. The SMILES string of the molecule is CCC(=O)OCC(C)Oc1ccc(Cn2ncn(-c3ccc(OC(F)(F)F)cc3)c2=O)cc1C(F)(F)F. The second-order valence-electron chi connectivity index (χ2n) is 7.78. The first-order chi connectivity index (χ1) is 17.3. The summed E-state index contributed by atoms with van der Waals surface area (Å²) in [6.07, 6.45) is -9.31. The highest BCUT2D eigenvalue weighted by Gasteiger charge is 2.35. The van der Waals surface area contributed by atoms with Crippen molar-refractivity contribution < 1.29 is 45.3 Å². The summed E-state index contributed by atoms with van der Waals surface area (Å²) in [5, 5.41) is 3.88. The largest absolute Gasteiger partial charge is 0.573 e. The number of carbonyl (C=O) groups is 1. The molecular weight excluding hydrogens is 512 g/mol. The van der Waals surface area contributed by atoms with Gasteiger partial charge in [0.1, 0.15) is 30.5 Å². The van der Waals surface area contributed by atoms with E-state index in [2.05, 4.69) is 9.84 Å². The van der Waals surface area contributed by atoms with Crippen molar-refractivity contribution >= 4 is 5.97 Å². The van der Waals surface area contributed by atoms with E-state index in [0.717, 1.165) is 39.8 Å². The molecule has 37 heavy (non-hydrogen) atoms. The van der Waals surface area contributed by atoms with E-state index in [-0.39, 0.29) is 30.8 Å². The minimum Gasteiger partial charge on any atom is -0.487 e. The molecule has 14 heteroatoms. The van der Waals surface area contributed by atoms with Crippen LogP contribution in [0, 0.1) is 0 Å². The number of ether oxygens (including phenoxy) is 3. The van der Waals surface area contributed by atoms with Crippen LogP contribution in [0.1, 0.15) is 31.4 Å². The van der Waals surface area contributed by atoms with Crippen LogP contribution >= 0.6 is 0 Å². The van der Waals surface area contributed by atoms with Gasteiger partial charge >= 0.3 is 24.2 Å². The summed E-state index contributed by atoms with van der Waals surface area (Å²) in [7, 11) is 0. The molecule has 0 N–H and O–H groups in total. The summed E-state index contributed by atoms with van der Waals surface area (Å²) >= 11 is 0. The van der Waals surface area contributed by atoms with E-state index in [1.165, 1.54) is 25.1 Å². The molecule has 8 nitrogen and oxygen atoms in total. The van der Waals surface area contributed by atoms with Crippen LogP contribution in [0.2, 0.25) is 0 Å². The van der Waals surface area contributed by atoms with E-state index in [1.54, 1.807) is 6.92 Å². The van der Waals surface area contributed by atoms with Crippen LogP contribution in [-0.4, -0.2) is 39.4 Å². The minimum absolute atomic E-state index is 0.0889. The maximum Gasteiger partial charge on any atom is 0.573 e. The van der Waals surface area contributed by atoms with Crippen LogP contribution in [0.15, 0.2) is 53.6 Å². The molecule has 1 heterocycles. The number of rotatable bonds is 9. The Bertz CT molecular complexity index is 1280. The highest BCUT2D eigenvalue weighted by atomic mass is 19.4. The van der Waals surface area contributed by atoms with Gasteiger partial charge in [0, 0.05) is 6.42 Å². The smallest absolute Gasteiger partial charge is 0.487 e. The van der Waals surface area contributed by atoms with Gasteiger partial charge in [-0.05, 0) is 48.9 Å². The molecule has 0 aliphatic rings. The molecule has 0 amide bonds. The topological polar surface area (TPSA) is 84.6 Å². The lowest BCUT2D eigenvalue weighted by Crippen LogP contribution is -2.25. The molecular formula is C23H21F6N3O5. The zero-order valence-electron chi connectivity index (χ0n) is 19.5. The van der Waals surface area contributed by atoms with Crippen LogP contribution < -0.4 is 15.2 Å². The molecule has 200 valence electrons. The molecule has 3 rings (SSSR count). The number of esters is 1. The van der Waals surface area contributed by atoms with Crippen molar-refractivity contribution in [1.29, 1.82) is 0 Å². The average Bonchev–Trinajstić information content (AvgIpc) is 3.17. The summed E-state index contributed by atoms with van der Waals surface area (Å²) < 4.78 is 93.9. The monoisotopic (exact) mass is 533 g/mol.